The lowest BCUT2D eigenvalue weighted by atomic mass is 10.2. The lowest BCUT2D eigenvalue weighted by Gasteiger charge is -2.05. The average molecular weight is 447 g/mol. The Morgan fingerprint density at radius 3 is 2.71 bits per heavy atom. The summed E-state index contributed by atoms with van der Waals surface area (Å²) in [6.45, 7) is 5.57. The number of aryl methyl sites for hydroxylation is 1. The van der Waals surface area contributed by atoms with Gasteiger partial charge in [0.05, 0.1) is 0 Å². The molecule has 0 saturated carbocycles. The summed E-state index contributed by atoms with van der Waals surface area (Å²) >= 11 is 0. The van der Waals surface area contributed by atoms with E-state index in [-0.39, 0.29) is 29.8 Å². The molecule has 1 aromatic carbocycles. The van der Waals surface area contributed by atoms with E-state index in [0.29, 0.717) is 43.1 Å². The van der Waals surface area contributed by atoms with Gasteiger partial charge in [-0.25, -0.2) is 4.39 Å². The fourth-order valence-electron chi connectivity index (χ4n) is 1.87. The molecular weight excluding hydrogens is 424 g/mol. The molecule has 3 N–H and O–H groups in total. The molecule has 0 bridgehead atoms. The van der Waals surface area contributed by atoms with Gasteiger partial charge in [0.1, 0.15) is 5.82 Å². The van der Waals surface area contributed by atoms with E-state index in [4.69, 9.17) is 10.3 Å². The first-order valence-electron chi connectivity index (χ1n) is 7.67. The predicted octanol–water partition coefficient (Wildman–Crippen LogP) is 2.99. The van der Waals surface area contributed by atoms with Crippen molar-refractivity contribution in [3.63, 3.8) is 0 Å². The minimum Gasteiger partial charge on any atom is -0.370 e. The van der Waals surface area contributed by atoms with Crippen LogP contribution < -0.4 is 11.1 Å². The van der Waals surface area contributed by atoms with Gasteiger partial charge < -0.3 is 15.6 Å². The fourth-order valence-corrected chi connectivity index (χ4v) is 1.87. The molecule has 0 aliphatic carbocycles. The number of benzene rings is 1. The van der Waals surface area contributed by atoms with Crippen molar-refractivity contribution < 1.29 is 8.91 Å². The van der Waals surface area contributed by atoms with Gasteiger partial charge in [-0.1, -0.05) is 19.0 Å². The van der Waals surface area contributed by atoms with E-state index >= 15 is 0 Å². The van der Waals surface area contributed by atoms with Crippen LogP contribution >= 0.6 is 24.0 Å². The summed E-state index contributed by atoms with van der Waals surface area (Å²) in [6.07, 6.45) is 1.43. The molecule has 0 saturated heterocycles. The molecule has 1 heterocycles. The summed E-state index contributed by atoms with van der Waals surface area (Å²) < 4.78 is 18.1. The van der Waals surface area contributed by atoms with E-state index in [9.17, 15) is 4.39 Å². The third-order valence-electron chi connectivity index (χ3n) is 3.07. The van der Waals surface area contributed by atoms with Crippen molar-refractivity contribution in [2.24, 2.45) is 16.6 Å². The third kappa shape index (κ3) is 6.81. The normalized spacial score (nSPS) is 11.4. The van der Waals surface area contributed by atoms with Crippen molar-refractivity contribution in [1.82, 2.24) is 15.5 Å². The maximum atomic E-state index is 12.9. The van der Waals surface area contributed by atoms with Crippen molar-refractivity contribution in [3.05, 3.63) is 36.0 Å². The van der Waals surface area contributed by atoms with Crippen LogP contribution in [0.1, 0.15) is 26.2 Å². The topological polar surface area (TPSA) is 89.3 Å². The van der Waals surface area contributed by atoms with E-state index in [1.54, 1.807) is 12.1 Å². The van der Waals surface area contributed by atoms with Gasteiger partial charge in [-0.05, 0) is 36.6 Å². The molecule has 0 amide bonds. The molecule has 132 valence electrons. The van der Waals surface area contributed by atoms with Gasteiger partial charge in [-0.2, -0.15) is 4.98 Å². The van der Waals surface area contributed by atoms with Crippen LogP contribution in [0.5, 0.6) is 0 Å². The number of nitrogens with two attached hydrogens (primary N) is 1. The highest BCUT2D eigenvalue weighted by Gasteiger charge is 2.08. The first-order chi connectivity index (χ1) is 11.0. The van der Waals surface area contributed by atoms with E-state index in [1.807, 2.05) is 0 Å². The monoisotopic (exact) mass is 447 g/mol. The molecular formula is C16H23FIN5O. The SMILES string of the molecule is CC(C)CN=C(N)NCCCc1nc(-c2ccc(F)cc2)no1.I. The van der Waals surface area contributed by atoms with Gasteiger partial charge in [0.15, 0.2) is 5.96 Å². The van der Waals surface area contributed by atoms with E-state index in [0.717, 1.165) is 12.0 Å². The van der Waals surface area contributed by atoms with Crippen molar-refractivity contribution in [3.8, 4) is 11.4 Å². The van der Waals surface area contributed by atoms with Gasteiger partial charge in [0.2, 0.25) is 11.7 Å². The first-order valence-corrected chi connectivity index (χ1v) is 7.67. The summed E-state index contributed by atoms with van der Waals surface area (Å²) in [7, 11) is 0. The van der Waals surface area contributed by atoms with Crippen LogP contribution in [0.15, 0.2) is 33.8 Å². The largest absolute Gasteiger partial charge is 0.370 e. The Morgan fingerprint density at radius 2 is 2.04 bits per heavy atom. The van der Waals surface area contributed by atoms with Gasteiger partial charge >= 0.3 is 0 Å². The maximum absolute atomic E-state index is 12.9. The van der Waals surface area contributed by atoms with E-state index in [2.05, 4.69) is 34.3 Å². The van der Waals surface area contributed by atoms with Crippen LogP contribution in [0.3, 0.4) is 0 Å². The minimum atomic E-state index is -0.291. The summed E-state index contributed by atoms with van der Waals surface area (Å²) in [4.78, 5) is 8.52. The number of guanidine groups is 1. The van der Waals surface area contributed by atoms with Crippen molar-refractivity contribution >= 4 is 29.9 Å². The zero-order valence-electron chi connectivity index (χ0n) is 13.8. The first kappa shape index (κ1) is 20.3. The number of nitrogens with one attached hydrogen (secondary N) is 1. The Morgan fingerprint density at radius 1 is 1.33 bits per heavy atom. The standard InChI is InChI=1S/C16H22FN5O.HI/c1-11(2)10-20-16(18)19-9-3-4-14-21-15(22-23-14)12-5-7-13(17)8-6-12;/h5-8,11H,3-4,9-10H2,1-2H3,(H3,18,19,20);1H. The number of hydrogen-bond acceptors (Lipinski definition) is 4. The Labute approximate surface area is 158 Å². The van der Waals surface area contributed by atoms with Crippen LogP contribution in [0.25, 0.3) is 11.4 Å². The number of halogens is 2. The molecule has 0 aliphatic heterocycles. The van der Waals surface area contributed by atoms with Crippen molar-refractivity contribution in [1.29, 1.82) is 0 Å². The molecule has 0 unspecified atom stereocenters. The molecule has 2 aromatic rings. The zero-order valence-corrected chi connectivity index (χ0v) is 16.2. The Kier molecular flexibility index (Phi) is 8.66. The Hall–Kier alpha value is -1.71. The zero-order chi connectivity index (χ0) is 16.7. The average Bonchev–Trinajstić information content (AvgIpc) is 2.99. The maximum Gasteiger partial charge on any atom is 0.227 e. The van der Waals surface area contributed by atoms with Crippen LogP contribution in [0, 0.1) is 11.7 Å². The molecule has 0 fully saturated rings. The lowest BCUT2D eigenvalue weighted by molar-refractivity contribution is 0.376. The molecule has 0 spiro atoms. The summed E-state index contributed by atoms with van der Waals surface area (Å²) in [6, 6.07) is 5.98. The second kappa shape index (κ2) is 10.2. The second-order valence-corrected chi connectivity index (χ2v) is 5.67. The number of aliphatic imine (C=N–C) groups is 1. The Balaban J connectivity index is 0.00000288. The smallest absolute Gasteiger partial charge is 0.227 e. The van der Waals surface area contributed by atoms with E-state index in [1.165, 1.54) is 12.1 Å². The minimum absolute atomic E-state index is 0. The van der Waals surface area contributed by atoms with Gasteiger partial charge in [0.25, 0.3) is 0 Å². The van der Waals surface area contributed by atoms with Crippen molar-refractivity contribution in [2.45, 2.75) is 26.7 Å². The number of hydrogen-bond donors (Lipinski definition) is 2. The summed E-state index contributed by atoms with van der Waals surface area (Å²) in [5.41, 5.74) is 6.48. The van der Waals surface area contributed by atoms with Gasteiger partial charge in [0, 0.05) is 25.1 Å². The Bertz CT molecular complexity index is 642. The second-order valence-electron chi connectivity index (χ2n) is 5.67. The van der Waals surface area contributed by atoms with E-state index < -0.39 is 0 Å². The fraction of sp³-hybridized carbons (Fsp3) is 0.438. The van der Waals surface area contributed by atoms with Crippen LogP contribution in [0.2, 0.25) is 0 Å². The molecule has 1 aromatic heterocycles. The molecule has 6 nitrogen and oxygen atoms in total. The summed E-state index contributed by atoms with van der Waals surface area (Å²) in [5.74, 6) is 1.66. The number of aromatic nitrogens is 2. The number of rotatable bonds is 7. The molecule has 24 heavy (non-hydrogen) atoms. The lowest BCUT2D eigenvalue weighted by Crippen LogP contribution is -2.33. The molecule has 0 radical (unpaired) electrons. The highest BCUT2D eigenvalue weighted by atomic mass is 127. The van der Waals surface area contributed by atoms with Crippen molar-refractivity contribution in [2.75, 3.05) is 13.1 Å². The van der Waals surface area contributed by atoms with Crippen LogP contribution in [-0.2, 0) is 6.42 Å². The number of nitrogens with zero attached hydrogens (tertiary/aromatic N) is 3. The predicted molar refractivity (Wildman–Crippen MR) is 103 cm³/mol. The third-order valence-corrected chi connectivity index (χ3v) is 3.07. The highest BCUT2D eigenvalue weighted by molar-refractivity contribution is 14.0. The van der Waals surface area contributed by atoms with Crippen LogP contribution in [-0.4, -0.2) is 29.2 Å². The quantitative estimate of drug-likeness (QED) is 0.295. The van der Waals surface area contributed by atoms with Gasteiger partial charge in [-0.15, -0.1) is 24.0 Å². The molecule has 0 atom stereocenters. The van der Waals surface area contributed by atoms with Crippen LogP contribution in [0.4, 0.5) is 4.39 Å². The molecule has 0 aliphatic rings. The highest BCUT2D eigenvalue weighted by Crippen LogP contribution is 2.16. The van der Waals surface area contributed by atoms with Gasteiger partial charge in [-0.3, -0.25) is 4.99 Å². The molecule has 8 heteroatoms. The summed E-state index contributed by atoms with van der Waals surface area (Å²) in [5, 5.41) is 6.95. The molecule has 2 rings (SSSR count).